The monoisotopic (exact) mass is 304 g/mol. The normalized spacial score (nSPS) is 12.7. The van der Waals surface area contributed by atoms with E-state index < -0.39 is 17.7 Å². The molecule has 1 heterocycles. The van der Waals surface area contributed by atoms with E-state index in [-0.39, 0.29) is 18.7 Å². The zero-order valence-electron chi connectivity index (χ0n) is 11.6. The number of para-hydroxylation sites is 2. The van der Waals surface area contributed by atoms with E-state index in [4.69, 9.17) is 0 Å². The Morgan fingerprint density at radius 2 is 1.73 bits per heavy atom. The van der Waals surface area contributed by atoms with E-state index in [1.54, 1.807) is 28.8 Å². The lowest BCUT2D eigenvalue weighted by molar-refractivity contribution is 0.144. The summed E-state index contributed by atoms with van der Waals surface area (Å²) in [4.78, 5) is 4.24. The van der Waals surface area contributed by atoms with Crippen LogP contribution in [-0.2, 0) is 13.2 Å². The molecule has 0 saturated carbocycles. The number of hydrogen-bond donors (Lipinski definition) is 2. The van der Waals surface area contributed by atoms with Crippen LogP contribution in [0.3, 0.4) is 0 Å². The number of benzene rings is 2. The van der Waals surface area contributed by atoms with Crippen molar-refractivity contribution in [3.05, 3.63) is 65.5 Å². The van der Waals surface area contributed by atoms with Crippen molar-refractivity contribution in [2.45, 2.75) is 19.3 Å². The topological polar surface area (TPSA) is 58.3 Å². The summed E-state index contributed by atoms with van der Waals surface area (Å²) < 4.78 is 29.1. The Bertz CT molecular complexity index is 797. The molecule has 1 unspecified atom stereocenters. The number of hydrogen-bond acceptors (Lipinski definition) is 3. The molecule has 0 aliphatic rings. The summed E-state index contributed by atoms with van der Waals surface area (Å²) >= 11 is 0. The van der Waals surface area contributed by atoms with Gasteiger partial charge < -0.3 is 14.8 Å². The van der Waals surface area contributed by atoms with Gasteiger partial charge in [0.05, 0.1) is 23.1 Å². The zero-order valence-corrected chi connectivity index (χ0v) is 11.6. The molecule has 2 N–H and O–H groups in total. The summed E-state index contributed by atoms with van der Waals surface area (Å²) in [5.41, 5.74) is 0.944. The molecular weight excluding hydrogens is 290 g/mol. The highest BCUT2D eigenvalue weighted by molar-refractivity contribution is 5.75. The van der Waals surface area contributed by atoms with Crippen LogP contribution in [0.25, 0.3) is 11.0 Å². The summed E-state index contributed by atoms with van der Waals surface area (Å²) in [6.07, 6.45) is -1.39. The van der Waals surface area contributed by atoms with Gasteiger partial charge in [0.2, 0.25) is 0 Å². The van der Waals surface area contributed by atoms with Gasteiger partial charge >= 0.3 is 0 Å². The second-order valence-electron chi connectivity index (χ2n) is 4.94. The van der Waals surface area contributed by atoms with Crippen LogP contribution in [0.4, 0.5) is 8.78 Å². The SMILES string of the molecule is OCc1nc2ccccc2n1CC(O)c1c(F)cccc1F. The van der Waals surface area contributed by atoms with Gasteiger partial charge in [-0.15, -0.1) is 0 Å². The molecule has 22 heavy (non-hydrogen) atoms. The molecule has 1 aromatic heterocycles. The van der Waals surface area contributed by atoms with Crippen LogP contribution in [0.5, 0.6) is 0 Å². The van der Waals surface area contributed by atoms with Crippen molar-refractivity contribution < 1.29 is 19.0 Å². The van der Waals surface area contributed by atoms with Gasteiger partial charge in [-0.3, -0.25) is 0 Å². The molecular formula is C16H14F2N2O2. The fourth-order valence-corrected chi connectivity index (χ4v) is 2.54. The van der Waals surface area contributed by atoms with Gasteiger partial charge in [0.25, 0.3) is 0 Å². The lowest BCUT2D eigenvalue weighted by Crippen LogP contribution is -2.14. The van der Waals surface area contributed by atoms with Crippen LogP contribution in [0, 0.1) is 11.6 Å². The Kier molecular flexibility index (Phi) is 3.87. The van der Waals surface area contributed by atoms with Crippen molar-refractivity contribution >= 4 is 11.0 Å². The van der Waals surface area contributed by atoms with Gasteiger partial charge in [-0.1, -0.05) is 18.2 Å². The minimum absolute atomic E-state index is 0.103. The molecule has 0 bridgehead atoms. The average molecular weight is 304 g/mol. The van der Waals surface area contributed by atoms with Gasteiger partial charge in [-0.05, 0) is 24.3 Å². The number of nitrogens with zero attached hydrogens (tertiary/aromatic N) is 2. The first-order valence-electron chi connectivity index (χ1n) is 6.78. The van der Waals surface area contributed by atoms with Gasteiger partial charge in [-0.25, -0.2) is 13.8 Å². The number of aromatic nitrogens is 2. The fourth-order valence-electron chi connectivity index (χ4n) is 2.54. The van der Waals surface area contributed by atoms with Crippen LogP contribution in [-0.4, -0.2) is 19.8 Å². The second-order valence-corrected chi connectivity index (χ2v) is 4.94. The Hall–Kier alpha value is -2.31. The first-order chi connectivity index (χ1) is 10.6. The van der Waals surface area contributed by atoms with Gasteiger partial charge in [0, 0.05) is 0 Å². The quantitative estimate of drug-likeness (QED) is 0.779. The van der Waals surface area contributed by atoms with Crippen molar-refractivity contribution in [2.75, 3.05) is 0 Å². The molecule has 0 radical (unpaired) electrons. The third-order valence-corrected chi connectivity index (χ3v) is 3.56. The number of imidazole rings is 1. The standard InChI is InChI=1S/C16H14F2N2O2/c17-10-4-3-5-11(18)16(10)14(22)8-20-13-7-2-1-6-12(13)19-15(20)9-21/h1-7,14,21-22H,8-9H2. The van der Waals surface area contributed by atoms with Crippen LogP contribution in [0.2, 0.25) is 0 Å². The van der Waals surface area contributed by atoms with Gasteiger partial charge in [-0.2, -0.15) is 0 Å². The molecule has 114 valence electrons. The molecule has 0 spiro atoms. The number of fused-ring (bicyclic) bond motifs is 1. The van der Waals surface area contributed by atoms with Crippen molar-refractivity contribution in [1.29, 1.82) is 0 Å². The first-order valence-corrected chi connectivity index (χ1v) is 6.78. The summed E-state index contributed by atoms with van der Waals surface area (Å²) in [5.74, 6) is -1.28. The molecule has 0 aliphatic heterocycles. The Morgan fingerprint density at radius 3 is 2.41 bits per heavy atom. The van der Waals surface area contributed by atoms with Crippen molar-refractivity contribution in [1.82, 2.24) is 9.55 Å². The molecule has 4 nitrogen and oxygen atoms in total. The number of halogens is 2. The van der Waals surface area contributed by atoms with Gasteiger partial charge in [0.1, 0.15) is 30.2 Å². The number of rotatable bonds is 4. The first kappa shape index (κ1) is 14.6. The van der Waals surface area contributed by atoms with E-state index in [0.29, 0.717) is 16.9 Å². The van der Waals surface area contributed by atoms with Crippen molar-refractivity contribution in [3.63, 3.8) is 0 Å². The molecule has 1 atom stereocenters. The number of aliphatic hydroxyl groups is 2. The van der Waals surface area contributed by atoms with E-state index in [1.807, 2.05) is 0 Å². The molecule has 6 heteroatoms. The van der Waals surface area contributed by atoms with Crippen LogP contribution < -0.4 is 0 Å². The van der Waals surface area contributed by atoms with Gasteiger partial charge in [0.15, 0.2) is 0 Å². The number of aliphatic hydroxyl groups excluding tert-OH is 2. The molecule has 0 amide bonds. The van der Waals surface area contributed by atoms with E-state index >= 15 is 0 Å². The summed E-state index contributed by atoms with van der Waals surface area (Å²) in [5, 5.41) is 19.6. The van der Waals surface area contributed by atoms with Crippen LogP contribution >= 0.6 is 0 Å². The third kappa shape index (κ3) is 2.47. The minimum Gasteiger partial charge on any atom is -0.388 e. The second kappa shape index (κ2) is 5.82. The maximum atomic E-state index is 13.8. The largest absolute Gasteiger partial charge is 0.388 e. The fraction of sp³-hybridized carbons (Fsp3) is 0.188. The van der Waals surface area contributed by atoms with Crippen molar-refractivity contribution in [3.8, 4) is 0 Å². The average Bonchev–Trinajstić information content (AvgIpc) is 2.85. The molecule has 0 fully saturated rings. The molecule has 0 aliphatic carbocycles. The lowest BCUT2D eigenvalue weighted by Gasteiger charge is -2.15. The summed E-state index contributed by atoms with van der Waals surface area (Å²) in [6, 6.07) is 10.6. The smallest absolute Gasteiger partial charge is 0.135 e. The predicted molar refractivity (Wildman–Crippen MR) is 77.0 cm³/mol. The molecule has 3 aromatic rings. The van der Waals surface area contributed by atoms with E-state index in [2.05, 4.69) is 4.98 Å². The van der Waals surface area contributed by atoms with Crippen LogP contribution in [0.15, 0.2) is 42.5 Å². The third-order valence-electron chi connectivity index (χ3n) is 3.56. The zero-order chi connectivity index (χ0) is 15.7. The Balaban J connectivity index is 2.02. The van der Waals surface area contributed by atoms with E-state index in [9.17, 15) is 19.0 Å². The summed E-state index contributed by atoms with van der Waals surface area (Å²) in [7, 11) is 0. The maximum absolute atomic E-state index is 13.8. The molecule has 2 aromatic carbocycles. The van der Waals surface area contributed by atoms with E-state index in [0.717, 1.165) is 12.1 Å². The Labute approximate surface area is 125 Å². The Morgan fingerprint density at radius 1 is 1.05 bits per heavy atom. The molecule has 3 rings (SSSR count). The molecule has 0 saturated heterocycles. The lowest BCUT2D eigenvalue weighted by atomic mass is 10.1. The predicted octanol–water partition coefficient (Wildman–Crippen LogP) is 2.54. The highest BCUT2D eigenvalue weighted by Gasteiger charge is 2.20. The highest BCUT2D eigenvalue weighted by Crippen LogP contribution is 2.25. The maximum Gasteiger partial charge on any atom is 0.135 e. The highest BCUT2D eigenvalue weighted by atomic mass is 19.1. The summed E-state index contributed by atoms with van der Waals surface area (Å²) in [6.45, 7) is -0.435. The van der Waals surface area contributed by atoms with Crippen LogP contribution in [0.1, 0.15) is 17.5 Å². The van der Waals surface area contributed by atoms with Crippen molar-refractivity contribution in [2.24, 2.45) is 0 Å². The van der Waals surface area contributed by atoms with E-state index in [1.165, 1.54) is 6.07 Å². The minimum atomic E-state index is -1.39.